The standard InChI is InChI=1S/C13H13N3O3S/c1-2-4-12(17)15-13-14-11(8-20-13)9-5-3-6-10(7-9)16(18)19/h3,5-8H,2,4H2,1H3,(H,14,15,17). The van der Waals surface area contributed by atoms with Crippen LogP contribution in [0.25, 0.3) is 11.3 Å². The summed E-state index contributed by atoms with van der Waals surface area (Å²) in [5.74, 6) is -0.0764. The van der Waals surface area contributed by atoms with Gasteiger partial charge < -0.3 is 5.32 Å². The number of nitro benzene ring substituents is 1. The van der Waals surface area contributed by atoms with E-state index in [1.165, 1.54) is 23.5 Å². The molecule has 1 heterocycles. The molecule has 0 bridgehead atoms. The maximum atomic E-state index is 11.5. The fourth-order valence-corrected chi connectivity index (χ4v) is 2.39. The Morgan fingerprint density at radius 3 is 3.00 bits per heavy atom. The van der Waals surface area contributed by atoms with Crippen molar-refractivity contribution in [2.45, 2.75) is 19.8 Å². The number of benzene rings is 1. The van der Waals surface area contributed by atoms with Crippen LogP contribution in [0.1, 0.15) is 19.8 Å². The number of rotatable bonds is 5. The van der Waals surface area contributed by atoms with Gasteiger partial charge in [-0.1, -0.05) is 19.1 Å². The van der Waals surface area contributed by atoms with Crippen molar-refractivity contribution in [2.75, 3.05) is 5.32 Å². The fourth-order valence-electron chi connectivity index (χ4n) is 1.65. The first-order valence-electron chi connectivity index (χ1n) is 6.10. The first kappa shape index (κ1) is 14.1. The van der Waals surface area contributed by atoms with Gasteiger partial charge in [0, 0.05) is 29.5 Å². The molecule has 6 nitrogen and oxygen atoms in total. The van der Waals surface area contributed by atoms with Crippen molar-refractivity contribution in [3.05, 3.63) is 39.8 Å². The van der Waals surface area contributed by atoms with E-state index in [0.717, 1.165) is 6.42 Å². The minimum absolute atomic E-state index is 0.0204. The Kier molecular flexibility index (Phi) is 4.41. The van der Waals surface area contributed by atoms with Crippen LogP contribution in [0.3, 0.4) is 0 Å². The molecule has 2 aromatic rings. The molecular weight excluding hydrogens is 278 g/mol. The van der Waals surface area contributed by atoms with Crippen LogP contribution in [0, 0.1) is 10.1 Å². The van der Waals surface area contributed by atoms with Crippen LogP contribution in [0.5, 0.6) is 0 Å². The number of aromatic nitrogens is 1. The molecule has 0 unspecified atom stereocenters. The van der Waals surface area contributed by atoms with Crippen LogP contribution in [0.15, 0.2) is 29.6 Å². The first-order chi connectivity index (χ1) is 9.60. The van der Waals surface area contributed by atoms with E-state index in [1.54, 1.807) is 17.5 Å². The summed E-state index contributed by atoms with van der Waals surface area (Å²) >= 11 is 1.30. The van der Waals surface area contributed by atoms with Crippen molar-refractivity contribution < 1.29 is 9.72 Å². The third-order valence-corrected chi connectivity index (χ3v) is 3.34. The SMILES string of the molecule is CCCC(=O)Nc1nc(-c2cccc([N+](=O)[O-])c2)cs1. The lowest BCUT2D eigenvalue weighted by molar-refractivity contribution is -0.384. The number of carbonyl (C=O) groups excluding carboxylic acids is 1. The first-order valence-corrected chi connectivity index (χ1v) is 6.98. The summed E-state index contributed by atoms with van der Waals surface area (Å²) in [5.41, 5.74) is 1.30. The molecule has 1 amide bonds. The minimum atomic E-state index is -0.445. The van der Waals surface area contributed by atoms with Gasteiger partial charge in [0.25, 0.3) is 5.69 Å². The molecular formula is C13H13N3O3S. The largest absolute Gasteiger partial charge is 0.302 e. The lowest BCUT2D eigenvalue weighted by atomic mass is 10.1. The van der Waals surface area contributed by atoms with Crippen LogP contribution in [-0.2, 0) is 4.79 Å². The van der Waals surface area contributed by atoms with Gasteiger partial charge in [-0.25, -0.2) is 4.98 Å². The quantitative estimate of drug-likeness (QED) is 0.675. The summed E-state index contributed by atoms with van der Waals surface area (Å²) in [7, 11) is 0. The van der Waals surface area contributed by atoms with E-state index in [0.29, 0.717) is 22.8 Å². The van der Waals surface area contributed by atoms with Gasteiger partial charge in [-0.3, -0.25) is 14.9 Å². The summed E-state index contributed by atoms with van der Waals surface area (Å²) in [6, 6.07) is 6.26. The van der Waals surface area contributed by atoms with E-state index >= 15 is 0 Å². The van der Waals surface area contributed by atoms with Crippen LogP contribution >= 0.6 is 11.3 Å². The lowest BCUT2D eigenvalue weighted by Gasteiger charge is -1.99. The van der Waals surface area contributed by atoms with Gasteiger partial charge in [0.2, 0.25) is 5.91 Å². The molecule has 2 rings (SSSR count). The number of amides is 1. The zero-order valence-corrected chi connectivity index (χ0v) is 11.6. The molecule has 1 aromatic carbocycles. The van der Waals surface area contributed by atoms with Gasteiger partial charge >= 0.3 is 0 Å². The lowest BCUT2D eigenvalue weighted by Crippen LogP contribution is -2.10. The molecule has 0 saturated heterocycles. The topological polar surface area (TPSA) is 85.1 Å². The number of nitro groups is 1. The van der Waals surface area contributed by atoms with E-state index in [4.69, 9.17) is 0 Å². The second-order valence-electron chi connectivity index (χ2n) is 4.14. The molecule has 1 N–H and O–H groups in total. The number of thiazole rings is 1. The van der Waals surface area contributed by atoms with Crippen molar-refractivity contribution in [1.82, 2.24) is 4.98 Å². The number of nitrogens with one attached hydrogen (secondary N) is 1. The maximum absolute atomic E-state index is 11.5. The van der Waals surface area contributed by atoms with Gasteiger partial charge in [-0.15, -0.1) is 11.3 Å². The summed E-state index contributed by atoms with van der Waals surface area (Å²) < 4.78 is 0. The van der Waals surface area contributed by atoms with Gasteiger partial charge in [0.15, 0.2) is 5.13 Å². The Morgan fingerprint density at radius 1 is 1.50 bits per heavy atom. The molecule has 104 valence electrons. The maximum Gasteiger partial charge on any atom is 0.270 e. The normalized spacial score (nSPS) is 10.2. The number of carbonyl (C=O) groups is 1. The third kappa shape index (κ3) is 3.39. The molecule has 0 spiro atoms. The Labute approximate surface area is 119 Å². The van der Waals surface area contributed by atoms with Crippen molar-refractivity contribution in [3.63, 3.8) is 0 Å². The summed E-state index contributed by atoms with van der Waals surface area (Å²) in [6.07, 6.45) is 1.22. The number of non-ortho nitro benzene ring substituents is 1. The zero-order valence-electron chi connectivity index (χ0n) is 10.8. The highest BCUT2D eigenvalue weighted by Gasteiger charge is 2.11. The molecule has 0 radical (unpaired) electrons. The molecule has 0 saturated carbocycles. The van der Waals surface area contributed by atoms with Crippen LogP contribution in [0.2, 0.25) is 0 Å². The highest BCUT2D eigenvalue weighted by Crippen LogP contribution is 2.27. The van der Waals surface area contributed by atoms with Crippen molar-refractivity contribution >= 4 is 28.1 Å². The van der Waals surface area contributed by atoms with E-state index < -0.39 is 4.92 Å². The molecule has 20 heavy (non-hydrogen) atoms. The minimum Gasteiger partial charge on any atom is -0.302 e. The fraction of sp³-hybridized carbons (Fsp3) is 0.231. The highest BCUT2D eigenvalue weighted by molar-refractivity contribution is 7.14. The predicted octanol–water partition coefficient (Wildman–Crippen LogP) is 3.46. The Bertz CT molecular complexity index is 639. The van der Waals surface area contributed by atoms with Gasteiger partial charge in [0.1, 0.15) is 0 Å². The van der Waals surface area contributed by atoms with Gasteiger partial charge in [-0.05, 0) is 6.42 Å². The van der Waals surface area contributed by atoms with Crippen molar-refractivity contribution in [2.24, 2.45) is 0 Å². The van der Waals surface area contributed by atoms with Crippen molar-refractivity contribution in [3.8, 4) is 11.3 Å². The molecule has 0 aliphatic rings. The third-order valence-electron chi connectivity index (χ3n) is 2.58. The van der Waals surface area contributed by atoms with Crippen LogP contribution in [0.4, 0.5) is 10.8 Å². The van der Waals surface area contributed by atoms with E-state index in [-0.39, 0.29) is 11.6 Å². The van der Waals surface area contributed by atoms with Gasteiger partial charge in [-0.2, -0.15) is 0 Å². The molecule has 7 heteroatoms. The molecule has 0 atom stereocenters. The van der Waals surface area contributed by atoms with Gasteiger partial charge in [0.05, 0.1) is 10.6 Å². The number of hydrogen-bond acceptors (Lipinski definition) is 5. The molecule has 0 aliphatic carbocycles. The Morgan fingerprint density at radius 2 is 2.30 bits per heavy atom. The second-order valence-corrected chi connectivity index (χ2v) is 5.00. The molecule has 1 aromatic heterocycles. The monoisotopic (exact) mass is 291 g/mol. The second kappa shape index (κ2) is 6.25. The summed E-state index contributed by atoms with van der Waals surface area (Å²) in [6.45, 7) is 1.93. The highest BCUT2D eigenvalue weighted by atomic mass is 32.1. The summed E-state index contributed by atoms with van der Waals surface area (Å²) in [4.78, 5) is 26.0. The molecule has 0 fully saturated rings. The Hall–Kier alpha value is -2.28. The number of hydrogen-bond donors (Lipinski definition) is 1. The number of anilines is 1. The average molecular weight is 291 g/mol. The van der Waals surface area contributed by atoms with Crippen molar-refractivity contribution in [1.29, 1.82) is 0 Å². The van der Waals surface area contributed by atoms with Crippen LogP contribution in [-0.4, -0.2) is 15.8 Å². The average Bonchev–Trinajstić information content (AvgIpc) is 2.87. The molecule has 0 aliphatic heterocycles. The smallest absolute Gasteiger partial charge is 0.270 e. The zero-order chi connectivity index (χ0) is 14.5. The van der Waals surface area contributed by atoms with E-state index in [1.807, 2.05) is 6.92 Å². The van der Waals surface area contributed by atoms with E-state index in [9.17, 15) is 14.9 Å². The predicted molar refractivity (Wildman–Crippen MR) is 77.7 cm³/mol. The summed E-state index contributed by atoms with van der Waals surface area (Å²) in [5, 5.41) is 15.7. The van der Waals surface area contributed by atoms with Crippen LogP contribution < -0.4 is 5.32 Å². The van der Waals surface area contributed by atoms with E-state index in [2.05, 4.69) is 10.3 Å². The number of nitrogens with zero attached hydrogens (tertiary/aromatic N) is 2. The Balaban J connectivity index is 2.18.